The molecule has 2 rings (SSSR count). The molecule has 2 heterocycles. The van der Waals surface area contributed by atoms with Gasteiger partial charge in [0.25, 0.3) is 0 Å². The molecule has 108 valence electrons. The van der Waals surface area contributed by atoms with Crippen LogP contribution >= 0.6 is 0 Å². The summed E-state index contributed by atoms with van der Waals surface area (Å²) in [4.78, 5) is 6.72. The molecule has 0 fully saturated rings. The Bertz CT molecular complexity index is 522. The normalized spacial score (nSPS) is 14.4. The second kappa shape index (κ2) is 6.63. The maximum atomic E-state index is 6.31. The second-order valence-electron chi connectivity index (χ2n) is 5.21. The van der Waals surface area contributed by atoms with Crippen LogP contribution in [0, 0.1) is 0 Å². The fraction of sp³-hybridized carbons (Fsp3) is 0.467. The van der Waals surface area contributed by atoms with Crippen molar-refractivity contribution in [2.45, 2.75) is 32.0 Å². The molecule has 2 aromatic rings. The molecule has 0 aliphatic carbocycles. The summed E-state index contributed by atoms with van der Waals surface area (Å²) in [6.07, 6.45) is 6.66. The van der Waals surface area contributed by atoms with Gasteiger partial charge >= 0.3 is 0 Å². The van der Waals surface area contributed by atoms with E-state index in [1.54, 1.807) is 0 Å². The molecule has 0 spiro atoms. The fourth-order valence-corrected chi connectivity index (χ4v) is 2.49. The van der Waals surface area contributed by atoms with Gasteiger partial charge in [-0.3, -0.25) is 14.6 Å². The summed E-state index contributed by atoms with van der Waals surface area (Å²) >= 11 is 0. The van der Waals surface area contributed by atoms with E-state index in [0.717, 1.165) is 18.7 Å². The predicted molar refractivity (Wildman–Crippen MR) is 79.9 cm³/mol. The molecule has 0 aliphatic heterocycles. The van der Waals surface area contributed by atoms with E-state index >= 15 is 0 Å². The quantitative estimate of drug-likeness (QED) is 0.870. The van der Waals surface area contributed by atoms with Crippen LogP contribution in [0.15, 0.2) is 36.8 Å². The Kier molecular flexibility index (Phi) is 4.87. The van der Waals surface area contributed by atoms with Gasteiger partial charge in [0, 0.05) is 37.6 Å². The molecule has 2 N–H and O–H groups in total. The summed E-state index contributed by atoms with van der Waals surface area (Å²) < 4.78 is 1.82. The maximum absolute atomic E-state index is 6.31. The summed E-state index contributed by atoms with van der Waals surface area (Å²) in [5.74, 6) is 0. The van der Waals surface area contributed by atoms with E-state index in [1.807, 2.05) is 48.5 Å². The minimum Gasteiger partial charge on any atom is -0.326 e. The molecule has 0 saturated heterocycles. The van der Waals surface area contributed by atoms with Crippen molar-refractivity contribution >= 4 is 0 Å². The maximum Gasteiger partial charge on any atom is 0.0674 e. The number of nitrogens with two attached hydrogens (primary N) is 1. The lowest BCUT2D eigenvalue weighted by Crippen LogP contribution is -2.39. The third kappa shape index (κ3) is 3.43. The third-order valence-corrected chi connectivity index (χ3v) is 3.53. The first kappa shape index (κ1) is 14.7. The van der Waals surface area contributed by atoms with Crippen LogP contribution in [0.2, 0.25) is 0 Å². The Balaban J connectivity index is 2.18. The first-order valence-corrected chi connectivity index (χ1v) is 6.96. The predicted octanol–water partition coefficient (Wildman–Crippen LogP) is 1.73. The van der Waals surface area contributed by atoms with Crippen LogP contribution < -0.4 is 5.73 Å². The van der Waals surface area contributed by atoms with Gasteiger partial charge in [-0.2, -0.15) is 5.10 Å². The number of aryl methyl sites for hydroxylation is 1. The van der Waals surface area contributed by atoms with Crippen molar-refractivity contribution in [3.8, 4) is 0 Å². The van der Waals surface area contributed by atoms with Gasteiger partial charge < -0.3 is 5.73 Å². The van der Waals surface area contributed by atoms with Gasteiger partial charge in [0.2, 0.25) is 0 Å². The highest BCUT2D eigenvalue weighted by Gasteiger charge is 2.24. The molecule has 0 aliphatic rings. The topological polar surface area (TPSA) is 60.0 Å². The van der Waals surface area contributed by atoms with E-state index in [0.29, 0.717) is 0 Å². The Hall–Kier alpha value is -1.72. The number of aromatic nitrogens is 3. The van der Waals surface area contributed by atoms with Crippen molar-refractivity contribution in [1.82, 2.24) is 19.7 Å². The molecule has 2 aromatic heterocycles. The number of rotatable bonds is 6. The number of likely N-dealkylation sites (N-methyl/N-ethyl adjacent to an activating group) is 1. The summed E-state index contributed by atoms with van der Waals surface area (Å²) in [5, 5.41) is 4.21. The molecule has 5 nitrogen and oxygen atoms in total. The Labute approximate surface area is 120 Å². The van der Waals surface area contributed by atoms with Crippen LogP contribution in [-0.2, 0) is 13.6 Å². The lowest BCUT2D eigenvalue weighted by molar-refractivity contribution is 0.197. The van der Waals surface area contributed by atoms with E-state index in [4.69, 9.17) is 5.73 Å². The molecule has 2 unspecified atom stereocenters. The van der Waals surface area contributed by atoms with Crippen LogP contribution in [0.1, 0.15) is 30.6 Å². The Morgan fingerprint density at radius 2 is 2.20 bits per heavy atom. The fourth-order valence-electron chi connectivity index (χ4n) is 2.49. The highest BCUT2D eigenvalue weighted by molar-refractivity contribution is 5.12. The lowest BCUT2D eigenvalue weighted by Gasteiger charge is -2.31. The molecule has 2 atom stereocenters. The van der Waals surface area contributed by atoms with Gasteiger partial charge in [-0.25, -0.2) is 0 Å². The van der Waals surface area contributed by atoms with Crippen molar-refractivity contribution in [3.05, 3.63) is 48.0 Å². The van der Waals surface area contributed by atoms with Crippen molar-refractivity contribution in [2.75, 3.05) is 7.05 Å². The third-order valence-electron chi connectivity index (χ3n) is 3.53. The van der Waals surface area contributed by atoms with E-state index in [1.165, 1.54) is 5.56 Å². The van der Waals surface area contributed by atoms with E-state index in [2.05, 4.69) is 29.0 Å². The summed E-state index contributed by atoms with van der Waals surface area (Å²) in [7, 11) is 4.01. The number of hydrogen-bond acceptors (Lipinski definition) is 4. The van der Waals surface area contributed by atoms with Crippen molar-refractivity contribution in [3.63, 3.8) is 0 Å². The summed E-state index contributed by atoms with van der Waals surface area (Å²) in [6.45, 7) is 2.92. The molecule has 0 saturated carbocycles. The number of pyridine rings is 1. The Morgan fingerprint density at radius 3 is 2.75 bits per heavy atom. The average molecular weight is 273 g/mol. The largest absolute Gasteiger partial charge is 0.326 e. The van der Waals surface area contributed by atoms with Crippen molar-refractivity contribution in [2.24, 2.45) is 12.8 Å². The summed E-state index contributed by atoms with van der Waals surface area (Å²) in [6, 6.07) is 6.15. The molecule has 0 bridgehead atoms. The van der Waals surface area contributed by atoms with Crippen LogP contribution in [0.3, 0.4) is 0 Å². The van der Waals surface area contributed by atoms with Gasteiger partial charge in [-0.1, -0.05) is 13.0 Å². The van der Waals surface area contributed by atoms with Crippen LogP contribution in [0.4, 0.5) is 0 Å². The van der Waals surface area contributed by atoms with Crippen LogP contribution in [0.25, 0.3) is 0 Å². The monoisotopic (exact) mass is 273 g/mol. The first-order valence-electron chi connectivity index (χ1n) is 6.96. The molecule has 20 heavy (non-hydrogen) atoms. The first-order chi connectivity index (χ1) is 9.61. The van der Waals surface area contributed by atoms with E-state index in [9.17, 15) is 0 Å². The minimum absolute atomic E-state index is 0.0616. The molecule has 0 aromatic carbocycles. The standard InChI is InChI=1S/C15H23N5/c1-4-13(16)15(14-7-5-6-8-17-14)19(2)10-12-9-18-20(3)11-12/h5-9,11,13,15H,4,10,16H2,1-3H3. The van der Waals surface area contributed by atoms with Gasteiger partial charge in [0.1, 0.15) is 0 Å². The molecule has 0 radical (unpaired) electrons. The zero-order valence-corrected chi connectivity index (χ0v) is 12.4. The molecule has 0 amide bonds. The highest BCUT2D eigenvalue weighted by Crippen LogP contribution is 2.23. The highest BCUT2D eigenvalue weighted by atomic mass is 15.2. The van der Waals surface area contributed by atoms with Crippen LogP contribution in [0.5, 0.6) is 0 Å². The minimum atomic E-state index is 0.0616. The van der Waals surface area contributed by atoms with Crippen molar-refractivity contribution in [1.29, 1.82) is 0 Å². The summed E-state index contributed by atoms with van der Waals surface area (Å²) in [5.41, 5.74) is 8.51. The van der Waals surface area contributed by atoms with Gasteiger partial charge in [-0.15, -0.1) is 0 Å². The SMILES string of the molecule is CCC(N)C(c1ccccn1)N(C)Cc1cnn(C)c1. The van der Waals surface area contributed by atoms with Gasteiger partial charge in [0.05, 0.1) is 17.9 Å². The second-order valence-corrected chi connectivity index (χ2v) is 5.21. The number of hydrogen-bond donors (Lipinski definition) is 1. The molecular weight excluding hydrogens is 250 g/mol. The zero-order valence-electron chi connectivity index (χ0n) is 12.4. The molecule has 5 heteroatoms. The lowest BCUT2D eigenvalue weighted by atomic mass is 10.0. The smallest absolute Gasteiger partial charge is 0.0674 e. The van der Waals surface area contributed by atoms with E-state index in [-0.39, 0.29) is 12.1 Å². The van der Waals surface area contributed by atoms with Gasteiger partial charge in [-0.05, 0) is 25.6 Å². The number of nitrogens with zero attached hydrogens (tertiary/aromatic N) is 4. The van der Waals surface area contributed by atoms with Crippen molar-refractivity contribution < 1.29 is 0 Å². The molecular formula is C15H23N5. The Morgan fingerprint density at radius 1 is 1.40 bits per heavy atom. The zero-order chi connectivity index (χ0) is 14.5. The van der Waals surface area contributed by atoms with Gasteiger partial charge in [0.15, 0.2) is 0 Å². The van der Waals surface area contributed by atoms with E-state index < -0.39 is 0 Å². The van der Waals surface area contributed by atoms with Crippen LogP contribution in [-0.4, -0.2) is 32.8 Å². The average Bonchev–Trinajstić information content (AvgIpc) is 2.85.